The van der Waals surface area contributed by atoms with Gasteiger partial charge in [0.1, 0.15) is 0 Å². The fraction of sp³-hybridized carbons (Fsp3) is 1.00. The molecule has 0 bridgehead atoms. The lowest BCUT2D eigenvalue weighted by Gasteiger charge is -2.24. The van der Waals surface area contributed by atoms with Gasteiger partial charge in [0.2, 0.25) is 10.0 Å². The maximum atomic E-state index is 12.4. The Morgan fingerprint density at radius 1 is 1.21 bits per heavy atom. The van der Waals surface area contributed by atoms with Crippen LogP contribution in [0.4, 0.5) is 0 Å². The Balaban J connectivity index is 0.00000180. The minimum atomic E-state index is -3.05. The normalized spacial score (nSPS) is 28.0. The van der Waals surface area contributed by atoms with E-state index in [2.05, 4.69) is 0 Å². The Labute approximate surface area is 123 Å². The van der Waals surface area contributed by atoms with Crippen molar-refractivity contribution in [2.75, 3.05) is 18.8 Å². The fourth-order valence-electron chi connectivity index (χ4n) is 3.19. The highest BCUT2D eigenvalue weighted by Gasteiger charge is 2.34. The molecule has 1 saturated carbocycles. The van der Waals surface area contributed by atoms with Crippen molar-refractivity contribution in [1.29, 1.82) is 0 Å². The summed E-state index contributed by atoms with van der Waals surface area (Å²) in [6, 6.07) is 0.0971. The second kappa shape index (κ2) is 7.25. The molecule has 2 aliphatic rings. The summed E-state index contributed by atoms with van der Waals surface area (Å²) in [7, 11) is -3.05. The van der Waals surface area contributed by atoms with Crippen molar-refractivity contribution in [3.05, 3.63) is 0 Å². The van der Waals surface area contributed by atoms with Crippen LogP contribution < -0.4 is 5.73 Å². The molecule has 19 heavy (non-hydrogen) atoms. The van der Waals surface area contributed by atoms with Crippen LogP contribution in [-0.4, -0.2) is 37.6 Å². The van der Waals surface area contributed by atoms with Crippen LogP contribution in [0.3, 0.4) is 0 Å². The Bertz CT molecular complexity index is 367. The van der Waals surface area contributed by atoms with Crippen molar-refractivity contribution in [1.82, 2.24) is 4.31 Å². The minimum Gasteiger partial charge on any atom is -0.328 e. The first kappa shape index (κ1) is 17.2. The van der Waals surface area contributed by atoms with E-state index in [-0.39, 0.29) is 18.4 Å². The first-order valence-electron chi connectivity index (χ1n) is 7.22. The molecule has 0 aromatic rings. The van der Waals surface area contributed by atoms with Gasteiger partial charge < -0.3 is 5.73 Å². The molecule has 0 spiro atoms. The maximum Gasteiger partial charge on any atom is 0.214 e. The predicted molar refractivity (Wildman–Crippen MR) is 80.9 cm³/mol. The van der Waals surface area contributed by atoms with Gasteiger partial charge in [-0.15, -0.1) is 12.4 Å². The standard InChI is InChI=1S/C13H26N2O2S.ClH/c1-11(14)13-7-8-15(9-13)18(16,17)10-12-5-3-2-4-6-12;/h11-13H,2-10,14H2,1H3;1H. The molecule has 2 fully saturated rings. The van der Waals surface area contributed by atoms with Crippen LogP contribution in [0.1, 0.15) is 45.4 Å². The maximum absolute atomic E-state index is 12.4. The lowest BCUT2D eigenvalue weighted by Crippen LogP contribution is -2.36. The summed E-state index contributed by atoms with van der Waals surface area (Å²) >= 11 is 0. The van der Waals surface area contributed by atoms with Crippen LogP contribution in [0.25, 0.3) is 0 Å². The summed E-state index contributed by atoms with van der Waals surface area (Å²) in [5.74, 6) is 1.09. The lowest BCUT2D eigenvalue weighted by molar-refractivity contribution is 0.372. The van der Waals surface area contributed by atoms with E-state index in [1.165, 1.54) is 19.3 Å². The van der Waals surface area contributed by atoms with Crippen LogP contribution in [0, 0.1) is 11.8 Å². The number of rotatable bonds is 4. The molecule has 1 saturated heterocycles. The third kappa shape index (κ3) is 4.59. The fourth-order valence-corrected chi connectivity index (χ4v) is 5.13. The Hall–Kier alpha value is 0.160. The summed E-state index contributed by atoms with van der Waals surface area (Å²) in [4.78, 5) is 0. The molecule has 4 nitrogen and oxygen atoms in total. The Kier molecular flexibility index (Phi) is 6.57. The van der Waals surface area contributed by atoms with E-state index in [9.17, 15) is 8.42 Å². The van der Waals surface area contributed by atoms with Gasteiger partial charge >= 0.3 is 0 Å². The van der Waals surface area contributed by atoms with Gasteiger partial charge in [0.15, 0.2) is 0 Å². The molecule has 6 heteroatoms. The molecule has 2 rings (SSSR count). The van der Waals surface area contributed by atoms with Crippen LogP contribution in [0.5, 0.6) is 0 Å². The zero-order valence-corrected chi connectivity index (χ0v) is 13.4. The molecule has 2 unspecified atom stereocenters. The number of hydrogen-bond donors (Lipinski definition) is 1. The second-order valence-electron chi connectivity index (χ2n) is 6.05. The number of halogens is 1. The molecule has 0 aromatic heterocycles. The number of hydrogen-bond acceptors (Lipinski definition) is 3. The van der Waals surface area contributed by atoms with Gasteiger partial charge in [-0.1, -0.05) is 19.3 Å². The van der Waals surface area contributed by atoms with Crippen molar-refractivity contribution in [2.24, 2.45) is 17.6 Å². The molecule has 0 aromatic carbocycles. The minimum absolute atomic E-state index is 0. The molecular formula is C13H27ClN2O2S. The Morgan fingerprint density at radius 3 is 2.37 bits per heavy atom. The summed E-state index contributed by atoms with van der Waals surface area (Å²) < 4.78 is 26.4. The summed E-state index contributed by atoms with van der Waals surface area (Å²) in [5, 5.41) is 0. The average molecular weight is 311 g/mol. The van der Waals surface area contributed by atoms with E-state index in [1.54, 1.807) is 4.31 Å². The first-order chi connectivity index (χ1) is 8.49. The van der Waals surface area contributed by atoms with Crippen LogP contribution in [0.2, 0.25) is 0 Å². The van der Waals surface area contributed by atoms with E-state index in [0.29, 0.717) is 30.7 Å². The quantitative estimate of drug-likeness (QED) is 0.863. The topological polar surface area (TPSA) is 63.4 Å². The third-order valence-corrected chi connectivity index (χ3v) is 6.51. The van der Waals surface area contributed by atoms with Crippen molar-refractivity contribution in [3.63, 3.8) is 0 Å². The molecular weight excluding hydrogens is 284 g/mol. The largest absolute Gasteiger partial charge is 0.328 e. The van der Waals surface area contributed by atoms with E-state index in [4.69, 9.17) is 5.73 Å². The van der Waals surface area contributed by atoms with E-state index in [1.807, 2.05) is 6.92 Å². The summed E-state index contributed by atoms with van der Waals surface area (Å²) in [6.45, 7) is 3.27. The van der Waals surface area contributed by atoms with E-state index >= 15 is 0 Å². The van der Waals surface area contributed by atoms with E-state index < -0.39 is 10.0 Å². The van der Waals surface area contributed by atoms with Gasteiger partial charge in [-0.2, -0.15) is 0 Å². The molecule has 1 heterocycles. The van der Waals surface area contributed by atoms with Gasteiger partial charge in [0, 0.05) is 19.1 Å². The van der Waals surface area contributed by atoms with Crippen molar-refractivity contribution < 1.29 is 8.42 Å². The third-order valence-electron chi connectivity index (χ3n) is 4.50. The average Bonchev–Trinajstić information content (AvgIpc) is 2.79. The number of nitrogens with zero attached hydrogens (tertiary/aromatic N) is 1. The molecule has 2 atom stereocenters. The summed E-state index contributed by atoms with van der Waals surface area (Å²) in [5.41, 5.74) is 5.87. The second-order valence-corrected chi connectivity index (χ2v) is 8.06. The molecule has 1 aliphatic heterocycles. The zero-order chi connectivity index (χ0) is 13.2. The van der Waals surface area contributed by atoms with Gasteiger partial charge in [-0.3, -0.25) is 0 Å². The van der Waals surface area contributed by atoms with E-state index in [0.717, 1.165) is 19.3 Å². The SMILES string of the molecule is CC(N)C1CCN(S(=O)(=O)CC2CCCCC2)C1.Cl. The predicted octanol–water partition coefficient (Wildman–Crippen LogP) is 1.99. The zero-order valence-electron chi connectivity index (χ0n) is 11.8. The van der Waals surface area contributed by atoms with Gasteiger partial charge in [0.25, 0.3) is 0 Å². The monoisotopic (exact) mass is 310 g/mol. The van der Waals surface area contributed by atoms with Crippen molar-refractivity contribution >= 4 is 22.4 Å². The van der Waals surface area contributed by atoms with Gasteiger partial charge in [0.05, 0.1) is 5.75 Å². The lowest BCUT2D eigenvalue weighted by atomic mass is 9.91. The molecule has 1 aliphatic carbocycles. The molecule has 114 valence electrons. The molecule has 0 amide bonds. The highest BCUT2D eigenvalue weighted by atomic mass is 35.5. The van der Waals surface area contributed by atoms with Crippen molar-refractivity contribution in [3.8, 4) is 0 Å². The first-order valence-corrected chi connectivity index (χ1v) is 8.83. The van der Waals surface area contributed by atoms with Crippen LogP contribution in [-0.2, 0) is 10.0 Å². The smallest absolute Gasteiger partial charge is 0.214 e. The van der Waals surface area contributed by atoms with Gasteiger partial charge in [-0.25, -0.2) is 12.7 Å². The van der Waals surface area contributed by atoms with Crippen LogP contribution >= 0.6 is 12.4 Å². The van der Waals surface area contributed by atoms with Gasteiger partial charge in [-0.05, 0) is 38.0 Å². The summed E-state index contributed by atoms with van der Waals surface area (Å²) in [6.07, 6.45) is 6.76. The molecule has 2 N–H and O–H groups in total. The number of nitrogens with two attached hydrogens (primary N) is 1. The highest BCUT2D eigenvalue weighted by molar-refractivity contribution is 7.89. The highest BCUT2D eigenvalue weighted by Crippen LogP contribution is 2.28. The Morgan fingerprint density at radius 2 is 1.84 bits per heavy atom. The van der Waals surface area contributed by atoms with Crippen molar-refractivity contribution in [2.45, 2.75) is 51.5 Å². The van der Waals surface area contributed by atoms with Crippen LogP contribution in [0.15, 0.2) is 0 Å². The number of sulfonamides is 1. The molecule has 0 radical (unpaired) electrons.